The topological polar surface area (TPSA) is 70.7 Å². The van der Waals surface area contributed by atoms with Gasteiger partial charge in [0, 0.05) is 0 Å². The molecule has 2 rings (SSSR count). The second-order valence-corrected chi connectivity index (χ2v) is 5.89. The SMILES string of the molecule is N#Cc1cnn(-c2ccc(C(F)(F)F)cc2Cl)c1NC(=O)C(Cl)Cl. The minimum atomic E-state index is -4.56. The van der Waals surface area contributed by atoms with Crippen LogP contribution in [0.2, 0.25) is 5.02 Å². The first kappa shape index (κ1) is 18.4. The van der Waals surface area contributed by atoms with E-state index < -0.39 is 22.5 Å². The highest BCUT2D eigenvalue weighted by Gasteiger charge is 2.31. The summed E-state index contributed by atoms with van der Waals surface area (Å²) in [6.07, 6.45) is -3.45. The zero-order chi connectivity index (χ0) is 18.1. The number of halogens is 6. The maximum absolute atomic E-state index is 12.7. The molecule has 126 valence electrons. The normalized spacial score (nSPS) is 11.4. The van der Waals surface area contributed by atoms with Crippen molar-refractivity contribution in [1.29, 1.82) is 5.26 Å². The van der Waals surface area contributed by atoms with E-state index in [1.165, 1.54) is 0 Å². The number of anilines is 1. The van der Waals surface area contributed by atoms with Crippen LogP contribution in [-0.2, 0) is 11.0 Å². The monoisotopic (exact) mass is 396 g/mol. The number of nitrogens with zero attached hydrogens (tertiary/aromatic N) is 3. The minimum Gasteiger partial charge on any atom is -0.307 e. The molecular formula is C13H6Cl3F3N4O. The lowest BCUT2D eigenvalue weighted by Crippen LogP contribution is -2.21. The Labute approximate surface area is 148 Å². The van der Waals surface area contributed by atoms with Gasteiger partial charge in [0.1, 0.15) is 11.6 Å². The van der Waals surface area contributed by atoms with Gasteiger partial charge in [-0.2, -0.15) is 23.5 Å². The van der Waals surface area contributed by atoms with Crippen molar-refractivity contribution in [2.24, 2.45) is 0 Å². The van der Waals surface area contributed by atoms with E-state index in [0.717, 1.165) is 23.0 Å². The van der Waals surface area contributed by atoms with E-state index in [1.807, 2.05) is 0 Å². The van der Waals surface area contributed by atoms with Gasteiger partial charge in [0.05, 0.1) is 22.5 Å². The summed E-state index contributed by atoms with van der Waals surface area (Å²) >= 11 is 16.7. The Morgan fingerprint density at radius 3 is 2.54 bits per heavy atom. The number of hydrogen-bond acceptors (Lipinski definition) is 3. The first-order chi connectivity index (χ1) is 11.1. The van der Waals surface area contributed by atoms with Gasteiger partial charge in [-0.15, -0.1) is 0 Å². The van der Waals surface area contributed by atoms with Crippen LogP contribution in [0.5, 0.6) is 0 Å². The van der Waals surface area contributed by atoms with Crippen molar-refractivity contribution in [3.63, 3.8) is 0 Å². The van der Waals surface area contributed by atoms with Crippen LogP contribution in [0, 0.1) is 11.3 Å². The van der Waals surface area contributed by atoms with Crippen LogP contribution in [0.1, 0.15) is 11.1 Å². The minimum absolute atomic E-state index is 0.0298. The van der Waals surface area contributed by atoms with Gasteiger partial charge in [-0.25, -0.2) is 4.68 Å². The summed E-state index contributed by atoms with van der Waals surface area (Å²) in [7, 11) is 0. The third-order valence-electron chi connectivity index (χ3n) is 2.83. The van der Waals surface area contributed by atoms with Crippen LogP contribution in [0.4, 0.5) is 19.0 Å². The average molecular weight is 398 g/mol. The maximum atomic E-state index is 12.7. The lowest BCUT2D eigenvalue weighted by molar-refractivity contribution is -0.137. The molecule has 0 aliphatic heterocycles. The van der Waals surface area contributed by atoms with Crippen molar-refractivity contribution in [2.75, 3.05) is 5.32 Å². The van der Waals surface area contributed by atoms with Crippen molar-refractivity contribution in [1.82, 2.24) is 9.78 Å². The Morgan fingerprint density at radius 2 is 2.04 bits per heavy atom. The molecular weight excluding hydrogens is 392 g/mol. The zero-order valence-corrected chi connectivity index (χ0v) is 13.7. The Balaban J connectivity index is 2.52. The lowest BCUT2D eigenvalue weighted by Gasteiger charge is -2.13. The average Bonchev–Trinajstić information content (AvgIpc) is 2.88. The zero-order valence-electron chi connectivity index (χ0n) is 11.4. The highest BCUT2D eigenvalue weighted by molar-refractivity contribution is 6.54. The summed E-state index contributed by atoms with van der Waals surface area (Å²) in [6, 6.07) is 4.35. The quantitative estimate of drug-likeness (QED) is 0.791. The van der Waals surface area contributed by atoms with Crippen molar-refractivity contribution in [3.05, 3.63) is 40.5 Å². The van der Waals surface area contributed by atoms with Crippen LogP contribution in [0.3, 0.4) is 0 Å². The van der Waals surface area contributed by atoms with Crippen LogP contribution in [0.15, 0.2) is 24.4 Å². The molecule has 0 bridgehead atoms. The molecule has 0 radical (unpaired) electrons. The summed E-state index contributed by atoms with van der Waals surface area (Å²) in [5.41, 5.74) is -0.966. The van der Waals surface area contributed by atoms with Crippen molar-refractivity contribution in [3.8, 4) is 11.8 Å². The van der Waals surface area contributed by atoms with Gasteiger partial charge >= 0.3 is 6.18 Å². The molecule has 1 aromatic heterocycles. The standard InChI is InChI=1S/C13H6Cl3F3N4O/c14-8-3-7(13(17,18)19)1-2-9(8)23-11(6(4-20)5-21-23)22-12(24)10(15)16/h1-3,5,10H,(H,22,24). The number of alkyl halides is 5. The smallest absolute Gasteiger partial charge is 0.307 e. The molecule has 0 aliphatic rings. The highest BCUT2D eigenvalue weighted by atomic mass is 35.5. The van der Waals surface area contributed by atoms with E-state index in [-0.39, 0.29) is 22.1 Å². The second-order valence-electron chi connectivity index (χ2n) is 4.38. The van der Waals surface area contributed by atoms with E-state index >= 15 is 0 Å². The number of rotatable bonds is 3. The molecule has 1 N–H and O–H groups in total. The molecule has 24 heavy (non-hydrogen) atoms. The maximum Gasteiger partial charge on any atom is 0.416 e. The Kier molecular flexibility index (Phi) is 5.28. The second kappa shape index (κ2) is 6.89. The molecule has 0 atom stereocenters. The summed E-state index contributed by atoms with van der Waals surface area (Å²) in [5, 5.41) is 14.9. The van der Waals surface area contributed by atoms with Gasteiger partial charge in [0.15, 0.2) is 10.7 Å². The number of aromatic nitrogens is 2. The Morgan fingerprint density at radius 1 is 1.38 bits per heavy atom. The molecule has 0 saturated carbocycles. The number of nitrogens with one attached hydrogen (secondary N) is 1. The predicted octanol–water partition coefficient (Wildman–Crippen LogP) is 4.16. The fourth-order valence-corrected chi connectivity index (χ4v) is 2.13. The number of hydrogen-bond donors (Lipinski definition) is 1. The van der Waals surface area contributed by atoms with Crippen LogP contribution in [-0.4, -0.2) is 20.5 Å². The number of amides is 1. The molecule has 0 unspecified atom stereocenters. The van der Waals surface area contributed by atoms with Gasteiger partial charge in [-0.1, -0.05) is 34.8 Å². The molecule has 2 aromatic rings. The molecule has 1 heterocycles. The number of carbonyl (C=O) groups excluding carboxylic acids is 1. The summed E-state index contributed by atoms with van der Waals surface area (Å²) in [4.78, 5) is 10.2. The largest absolute Gasteiger partial charge is 0.416 e. The Hall–Kier alpha value is -1.95. The lowest BCUT2D eigenvalue weighted by atomic mass is 10.2. The summed E-state index contributed by atoms with van der Waals surface area (Å²) < 4.78 is 39.1. The fraction of sp³-hybridized carbons (Fsp3) is 0.154. The highest BCUT2D eigenvalue weighted by Crippen LogP contribution is 2.34. The van der Waals surface area contributed by atoms with Crippen LogP contribution < -0.4 is 5.32 Å². The molecule has 1 amide bonds. The van der Waals surface area contributed by atoms with Gasteiger partial charge in [0.2, 0.25) is 0 Å². The molecule has 0 aliphatic carbocycles. The first-order valence-electron chi connectivity index (χ1n) is 6.09. The summed E-state index contributed by atoms with van der Waals surface area (Å²) in [5.74, 6) is -0.949. The van der Waals surface area contributed by atoms with Crippen LogP contribution >= 0.6 is 34.8 Å². The summed E-state index contributed by atoms with van der Waals surface area (Å²) in [6.45, 7) is 0. The Bertz CT molecular complexity index is 827. The number of nitriles is 1. The van der Waals surface area contributed by atoms with Gasteiger partial charge < -0.3 is 5.32 Å². The molecule has 5 nitrogen and oxygen atoms in total. The number of benzene rings is 1. The first-order valence-corrected chi connectivity index (χ1v) is 7.34. The van der Waals surface area contributed by atoms with Gasteiger partial charge in [-0.05, 0) is 18.2 Å². The van der Waals surface area contributed by atoms with Gasteiger partial charge in [-0.3, -0.25) is 4.79 Å². The van der Waals surface area contributed by atoms with E-state index in [2.05, 4.69) is 10.4 Å². The third kappa shape index (κ3) is 3.75. The van der Waals surface area contributed by atoms with E-state index in [4.69, 9.17) is 40.1 Å². The van der Waals surface area contributed by atoms with Crippen LogP contribution in [0.25, 0.3) is 5.69 Å². The predicted molar refractivity (Wildman–Crippen MR) is 82.4 cm³/mol. The molecule has 11 heteroatoms. The van der Waals surface area contributed by atoms with Crippen molar-refractivity contribution < 1.29 is 18.0 Å². The van der Waals surface area contributed by atoms with E-state index in [9.17, 15) is 18.0 Å². The molecule has 0 fully saturated rings. The number of carbonyl (C=O) groups is 1. The molecule has 1 aromatic carbocycles. The van der Waals surface area contributed by atoms with E-state index in [1.54, 1.807) is 6.07 Å². The van der Waals surface area contributed by atoms with Crippen molar-refractivity contribution >= 4 is 46.5 Å². The van der Waals surface area contributed by atoms with E-state index in [0.29, 0.717) is 6.07 Å². The molecule has 0 saturated heterocycles. The van der Waals surface area contributed by atoms with Gasteiger partial charge in [0.25, 0.3) is 5.91 Å². The fourth-order valence-electron chi connectivity index (χ4n) is 1.76. The third-order valence-corrected chi connectivity index (χ3v) is 3.53. The molecule has 0 spiro atoms. The van der Waals surface area contributed by atoms with Crippen molar-refractivity contribution in [2.45, 2.75) is 11.0 Å².